The van der Waals surface area contributed by atoms with E-state index in [2.05, 4.69) is 20.8 Å². The van der Waals surface area contributed by atoms with E-state index in [0.29, 0.717) is 6.54 Å². The number of aliphatic hydroxyl groups is 1. The Morgan fingerprint density at radius 3 is 2.94 bits per heavy atom. The molecule has 2 rings (SSSR count). The normalized spacial score (nSPS) is 25.0. The van der Waals surface area contributed by atoms with Crippen LogP contribution >= 0.6 is 15.9 Å². The maximum atomic E-state index is 9.20. The molecule has 1 fully saturated rings. The molecule has 0 spiro atoms. The summed E-state index contributed by atoms with van der Waals surface area (Å²) in [4.78, 5) is 2.21. The van der Waals surface area contributed by atoms with Gasteiger partial charge in [0.15, 0.2) is 0 Å². The monoisotopic (exact) mass is 300 g/mol. The topological polar surface area (TPSA) is 58.7 Å². The van der Waals surface area contributed by atoms with Crippen LogP contribution < -0.4 is 10.6 Å². The molecule has 1 aromatic carbocycles. The van der Waals surface area contributed by atoms with Gasteiger partial charge in [-0.25, -0.2) is 0 Å². The highest BCUT2D eigenvalue weighted by Crippen LogP contribution is 2.30. The molecule has 0 saturated carbocycles. The fraction of sp³-hybridized carbons (Fsp3) is 0.500. The molecular weight excluding hydrogens is 284 g/mol. The minimum atomic E-state index is -0.122. The molecule has 4 nitrogen and oxygen atoms in total. The van der Waals surface area contributed by atoms with Crippen molar-refractivity contribution in [2.24, 2.45) is 0 Å². The minimum absolute atomic E-state index is 0.0490. The molecule has 3 N–H and O–H groups in total. The maximum Gasteiger partial charge on any atom is 0.0984 e. The van der Waals surface area contributed by atoms with Crippen LogP contribution in [0.25, 0.3) is 0 Å². The fourth-order valence-corrected chi connectivity index (χ4v) is 2.77. The zero-order valence-electron chi connectivity index (χ0n) is 9.77. The summed E-state index contributed by atoms with van der Waals surface area (Å²) in [5.74, 6) is 0. The third kappa shape index (κ3) is 2.91. The van der Waals surface area contributed by atoms with E-state index >= 15 is 0 Å². The number of ether oxygens (including phenoxy) is 1. The van der Waals surface area contributed by atoms with Gasteiger partial charge in [0.25, 0.3) is 0 Å². The lowest BCUT2D eigenvalue weighted by Crippen LogP contribution is -2.48. The molecule has 2 unspecified atom stereocenters. The summed E-state index contributed by atoms with van der Waals surface area (Å²) in [6, 6.07) is 5.77. The Morgan fingerprint density at radius 1 is 1.53 bits per heavy atom. The Balaban J connectivity index is 2.20. The van der Waals surface area contributed by atoms with Gasteiger partial charge in [0, 0.05) is 23.2 Å². The lowest BCUT2D eigenvalue weighted by molar-refractivity contribution is -0.0421. The summed E-state index contributed by atoms with van der Waals surface area (Å²) < 4.78 is 6.59. The van der Waals surface area contributed by atoms with Gasteiger partial charge >= 0.3 is 0 Å². The highest BCUT2D eigenvalue weighted by Gasteiger charge is 2.25. The van der Waals surface area contributed by atoms with Crippen molar-refractivity contribution in [3.8, 4) is 0 Å². The number of nitrogens with zero attached hydrogens (tertiary/aromatic N) is 1. The summed E-state index contributed by atoms with van der Waals surface area (Å²) >= 11 is 3.52. The Hall–Kier alpha value is -0.780. The number of rotatable bonds is 2. The van der Waals surface area contributed by atoms with Crippen LogP contribution in [0.4, 0.5) is 11.4 Å². The molecule has 2 atom stereocenters. The Morgan fingerprint density at radius 2 is 2.29 bits per heavy atom. The van der Waals surface area contributed by atoms with Crippen LogP contribution in [0.3, 0.4) is 0 Å². The maximum absolute atomic E-state index is 9.20. The molecule has 1 aliphatic heterocycles. The van der Waals surface area contributed by atoms with Gasteiger partial charge in [-0.05, 0) is 41.1 Å². The van der Waals surface area contributed by atoms with Crippen molar-refractivity contribution < 1.29 is 9.84 Å². The van der Waals surface area contributed by atoms with Crippen molar-refractivity contribution in [3.05, 3.63) is 22.7 Å². The largest absolute Gasteiger partial charge is 0.399 e. The summed E-state index contributed by atoms with van der Waals surface area (Å²) in [7, 11) is 0. The quantitative estimate of drug-likeness (QED) is 0.815. The second-order valence-electron chi connectivity index (χ2n) is 4.37. The lowest BCUT2D eigenvalue weighted by atomic mass is 10.2. The zero-order valence-corrected chi connectivity index (χ0v) is 11.4. The second-order valence-corrected chi connectivity index (χ2v) is 5.22. The van der Waals surface area contributed by atoms with Crippen LogP contribution in [-0.2, 0) is 4.74 Å². The average molecular weight is 301 g/mol. The van der Waals surface area contributed by atoms with Crippen LogP contribution in [0, 0.1) is 0 Å². The van der Waals surface area contributed by atoms with Gasteiger partial charge in [-0.1, -0.05) is 0 Å². The SMILES string of the molecule is CC1CN(c2ccc(N)cc2Br)CC(CO)O1. The van der Waals surface area contributed by atoms with Crippen molar-refractivity contribution in [2.45, 2.75) is 19.1 Å². The second kappa shape index (κ2) is 5.25. The van der Waals surface area contributed by atoms with Crippen molar-refractivity contribution in [1.29, 1.82) is 0 Å². The minimum Gasteiger partial charge on any atom is -0.399 e. The van der Waals surface area contributed by atoms with Gasteiger partial charge in [-0.15, -0.1) is 0 Å². The lowest BCUT2D eigenvalue weighted by Gasteiger charge is -2.38. The first kappa shape index (κ1) is 12.7. The number of nitrogen functional groups attached to an aromatic ring is 1. The number of aliphatic hydroxyl groups excluding tert-OH is 1. The molecule has 0 aromatic heterocycles. The number of benzene rings is 1. The van der Waals surface area contributed by atoms with E-state index in [4.69, 9.17) is 10.5 Å². The Bertz CT molecular complexity index is 400. The average Bonchev–Trinajstić information content (AvgIpc) is 2.28. The summed E-state index contributed by atoms with van der Waals surface area (Å²) in [5.41, 5.74) is 7.55. The molecule has 0 amide bonds. The number of morpholine rings is 1. The van der Waals surface area contributed by atoms with Crippen LogP contribution in [0.1, 0.15) is 6.92 Å². The van der Waals surface area contributed by atoms with E-state index in [1.165, 1.54) is 0 Å². The molecule has 1 heterocycles. The first-order valence-corrected chi connectivity index (χ1v) is 6.45. The van der Waals surface area contributed by atoms with Crippen LogP contribution in [-0.4, -0.2) is 37.0 Å². The van der Waals surface area contributed by atoms with E-state index in [1.807, 2.05) is 25.1 Å². The van der Waals surface area contributed by atoms with E-state index in [0.717, 1.165) is 22.4 Å². The van der Waals surface area contributed by atoms with E-state index < -0.39 is 0 Å². The molecule has 0 bridgehead atoms. The standard InChI is InChI=1S/C12H17BrN2O2/c1-8-5-15(6-10(7-16)17-8)12-3-2-9(14)4-11(12)13/h2-4,8,10,16H,5-7,14H2,1H3. The molecule has 0 aliphatic carbocycles. The molecule has 0 radical (unpaired) electrons. The third-order valence-corrected chi connectivity index (χ3v) is 3.48. The number of hydrogen-bond donors (Lipinski definition) is 2. The first-order chi connectivity index (χ1) is 8.10. The fourth-order valence-electron chi connectivity index (χ4n) is 2.12. The molecule has 5 heteroatoms. The zero-order chi connectivity index (χ0) is 12.4. The van der Waals surface area contributed by atoms with Gasteiger partial charge in [0.05, 0.1) is 24.5 Å². The van der Waals surface area contributed by atoms with E-state index in [1.54, 1.807) is 0 Å². The molecule has 94 valence electrons. The van der Waals surface area contributed by atoms with Crippen molar-refractivity contribution in [1.82, 2.24) is 0 Å². The molecule has 17 heavy (non-hydrogen) atoms. The van der Waals surface area contributed by atoms with E-state index in [-0.39, 0.29) is 18.8 Å². The highest BCUT2D eigenvalue weighted by molar-refractivity contribution is 9.10. The van der Waals surface area contributed by atoms with Crippen LogP contribution in [0.5, 0.6) is 0 Å². The van der Waals surface area contributed by atoms with Gasteiger partial charge in [0.2, 0.25) is 0 Å². The number of nitrogens with two attached hydrogens (primary N) is 1. The molecule has 1 aromatic rings. The third-order valence-electron chi connectivity index (χ3n) is 2.84. The van der Waals surface area contributed by atoms with Crippen LogP contribution in [0.15, 0.2) is 22.7 Å². The number of hydrogen-bond acceptors (Lipinski definition) is 4. The van der Waals surface area contributed by atoms with Gasteiger partial charge in [0.1, 0.15) is 0 Å². The predicted octanol–water partition coefficient (Wildman–Crippen LogP) is 1.62. The predicted molar refractivity (Wildman–Crippen MR) is 72.2 cm³/mol. The summed E-state index contributed by atoms with van der Waals surface area (Å²) in [5, 5.41) is 9.20. The van der Waals surface area contributed by atoms with Crippen molar-refractivity contribution >= 4 is 27.3 Å². The van der Waals surface area contributed by atoms with Crippen LogP contribution in [0.2, 0.25) is 0 Å². The van der Waals surface area contributed by atoms with Gasteiger partial charge in [-0.2, -0.15) is 0 Å². The molecule has 1 saturated heterocycles. The van der Waals surface area contributed by atoms with Gasteiger partial charge < -0.3 is 20.5 Å². The summed E-state index contributed by atoms with van der Waals surface area (Å²) in [6.07, 6.45) is -0.00597. The highest BCUT2D eigenvalue weighted by atomic mass is 79.9. The van der Waals surface area contributed by atoms with Crippen molar-refractivity contribution in [3.63, 3.8) is 0 Å². The first-order valence-electron chi connectivity index (χ1n) is 5.66. The number of anilines is 2. The Labute approximate surface area is 109 Å². The van der Waals surface area contributed by atoms with Gasteiger partial charge in [-0.3, -0.25) is 0 Å². The van der Waals surface area contributed by atoms with E-state index in [9.17, 15) is 5.11 Å². The number of halogens is 1. The summed E-state index contributed by atoms with van der Waals surface area (Å²) in [6.45, 7) is 3.58. The molecule has 1 aliphatic rings. The molecular formula is C12H17BrN2O2. The van der Waals surface area contributed by atoms with Crippen molar-refractivity contribution in [2.75, 3.05) is 30.3 Å². The Kier molecular flexibility index (Phi) is 3.91. The smallest absolute Gasteiger partial charge is 0.0984 e.